The second-order valence-corrected chi connectivity index (χ2v) is 8.35. The van der Waals surface area contributed by atoms with E-state index in [0.717, 1.165) is 17.8 Å². The van der Waals surface area contributed by atoms with E-state index in [1.165, 1.54) is 17.8 Å². The fraction of sp³-hybridized carbons (Fsp3) is 0.231. The third-order valence-corrected chi connectivity index (χ3v) is 5.71. The van der Waals surface area contributed by atoms with Crippen LogP contribution in [0, 0.1) is 17.2 Å². The third-order valence-electron chi connectivity index (χ3n) is 5.71. The van der Waals surface area contributed by atoms with Crippen molar-refractivity contribution in [3.63, 3.8) is 0 Å². The Morgan fingerprint density at radius 1 is 1.19 bits per heavy atom. The van der Waals surface area contributed by atoms with Crippen molar-refractivity contribution >= 4 is 17.8 Å². The fourth-order valence-corrected chi connectivity index (χ4v) is 3.80. The molecule has 1 fully saturated rings. The van der Waals surface area contributed by atoms with E-state index in [-0.39, 0.29) is 23.5 Å². The summed E-state index contributed by atoms with van der Waals surface area (Å²) in [5, 5.41) is 11.6. The lowest BCUT2D eigenvalue weighted by atomic mass is 9.91. The molecule has 1 N–H and O–H groups in total. The number of carbonyl (C=O) groups is 1. The van der Waals surface area contributed by atoms with Crippen LogP contribution < -0.4 is 10.1 Å². The Balaban J connectivity index is 1.37. The second kappa shape index (κ2) is 10.5. The molecule has 1 aromatic carbocycles. The second-order valence-electron chi connectivity index (χ2n) is 8.35. The van der Waals surface area contributed by atoms with Gasteiger partial charge >= 0.3 is 12.2 Å². The van der Waals surface area contributed by atoms with E-state index in [1.54, 1.807) is 35.2 Å². The van der Waals surface area contributed by atoms with Gasteiger partial charge in [-0.05, 0) is 48.2 Å². The van der Waals surface area contributed by atoms with Gasteiger partial charge in [0.05, 0.1) is 17.4 Å². The average Bonchev–Trinajstić information content (AvgIpc) is 2.86. The molecule has 1 atom stereocenters. The molecule has 2 aromatic heterocycles. The maximum Gasteiger partial charge on any atom is 0.417 e. The molecule has 1 unspecified atom stereocenters. The zero-order valence-corrected chi connectivity index (χ0v) is 19.3. The molecular formula is C26H22F3N5O2. The molecule has 184 valence electrons. The Morgan fingerprint density at radius 3 is 2.67 bits per heavy atom. The number of benzene rings is 1. The van der Waals surface area contributed by atoms with Crippen LogP contribution in [0.1, 0.15) is 30.2 Å². The molecule has 0 saturated carbocycles. The molecule has 0 radical (unpaired) electrons. The largest absolute Gasteiger partial charge is 0.439 e. The van der Waals surface area contributed by atoms with E-state index in [0.29, 0.717) is 30.9 Å². The molecule has 0 bridgehead atoms. The summed E-state index contributed by atoms with van der Waals surface area (Å²) in [5.41, 5.74) is 2.01. The monoisotopic (exact) mass is 493 g/mol. The van der Waals surface area contributed by atoms with Crippen LogP contribution >= 0.6 is 0 Å². The minimum absolute atomic E-state index is 0.0676. The molecule has 1 aliphatic heterocycles. The Morgan fingerprint density at radius 2 is 2.03 bits per heavy atom. The van der Waals surface area contributed by atoms with Crippen molar-refractivity contribution in [3.05, 3.63) is 83.3 Å². The standard InChI is InChI=1S/C26H22F3N5O2/c1-17-16-34(25(35)33-22-7-6-21(13-30)31-15-22)10-9-19(17)11-18-3-2-4-23(12-18)36-24-8-5-20(14-32-24)26(27,28)29/h2-8,11-12,14-15,17H,9-10,16H2,1H3,(H,33,35). The van der Waals surface area contributed by atoms with Gasteiger partial charge in [0, 0.05) is 25.4 Å². The van der Waals surface area contributed by atoms with Gasteiger partial charge in [-0.2, -0.15) is 18.4 Å². The third kappa shape index (κ3) is 6.18. The van der Waals surface area contributed by atoms with Crippen LogP contribution in [-0.2, 0) is 6.18 Å². The number of alkyl halides is 3. The topological polar surface area (TPSA) is 91.1 Å². The number of nitriles is 1. The Kier molecular flexibility index (Phi) is 7.20. The van der Waals surface area contributed by atoms with Crippen molar-refractivity contribution in [1.82, 2.24) is 14.9 Å². The number of nitrogens with one attached hydrogen (secondary N) is 1. The molecule has 1 aliphatic rings. The van der Waals surface area contributed by atoms with Crippen LogP contribution in [0.5, 0.6) is 11.6 Å². The van der Waals surface area contributed by atoms with Crippen molar-refractivity contribution in [2.75, 3.05) is 18.4 Å². The molecule has 0 spiro atoms. The predicted octanol–water partition coefficient (Wildman–Crippen LogP) is 6.12. The van der Waals surface area contributed by atoms with Gasteiger partial charge in [-0.25, -0.2) is 14.8 Å². The van der Waals surface area contributed by atoms with Crippen LogP contribution in [0.15, 0.2) is 66.5 Å². The minimum Gasteiger partial charge on any atom is -0.439 e. The fourth-order valence-electron chi connectivity index (χ4n) is 3.80. The number of halogens is 3. The average molecular weight is 493 g/mol. The predicted molar refractivity (Wildman–Crippen MR) is 127 cm³/mol. The normalized spacial score (nSPS) is 16.9. The van der Waals surface area contributed by atoms with E-state index in [1.807, 2.05) is 25.1 Å². The highest BCUT2D eigenvalue weighted by molar-refractivity contribution is 5.89. The first kappa shape index (κ1) is 24.7. The summed E-state index contributed by atoms with van der Waals surface area (Å²) in [7, 11) is 0. The van der Waals surface area contributed by atoms with E-state index < -0.39 is 11.7 Å². The van der Waals surface area contributed by atoms with Crippen molar-refractivity contribution in [2.24, 2.45) is 5.92 Å². The number of hydrogen-bond donors (Lipinski definition) is 1. The summed E-state index contributed by atoms with van der Waals surface area (Å²) in [4.78, 5) is 22.1. The molecule has 0 aliphatic carbocycles. The SMILES string of the molecule is CC1CN(C(=O)Nc2ccc(C#N)nc2)CCC1=Cc1cccc(Oc2ccc(C(F)(F)F)cn2)c1. The molecular weight excluding hydrogens is 471 g/mol. The van der Waals surface area contributed by atoms with Crippen LogP contribution in [0.2, 0.25) is 0 Å². The molecule has 2 amide bonds. The number of amides is 2. The summed E-state index contributed by atoms with van der Waals surface area (Å²) in [6.07, 6.45) is 0.462. The number of hydrogen-bond acceptors (Lipinski definition) is 5. The van der Waals surface area contributed by atoms with Gasteiger partial charge in [-0.1, -0.05) is 30.7 Å². The van der Waals surface area contributed by atoms with Crippen molar-refractivity contribution in [2.45, 2.75) is 19.5 Å². The highest BCUT2D eigenvalue weighted by atomic mass is 19.4. The quantitative estimate of drug-likeness (QED) is 0.473. The van der Waals surface area contributed by atoms with Gasteiger partial charge in [-0.15, -0.1) is 0 Å². The number of piperidine rings is 1. The van der Waals surface area contributed by atoms with Crippen LogP contribution in [0.4, 0.5) is 23.7 Å². The van der Waals surface area contributed by atoms with Gasteiger partial charge in [-0.3, -0.25) is 0 Å². The minimum atomic E-state index is -4.45. The van der Waals surface area contributed by atoms with Crippen LogP contribution in [-0.4, -0.2) is 34.0 Å². The molecule has 10 heteroatoms. The van der Waals surface area contributed by atoms with Gasteiger partial charge in [0.2, 0.25) is 5.88 Å². The highest BCUT2D eigenvalue weighted by Gasteiger charge is 2.30. The maximum absolute atomic E-state index is 12.7. The molecule has 36 heavy (non-hydrogen) atoms. The summed E-state index contributed by atoms with van der Waals surface area (Å²) in [5.74, 6) is 0.639. The molecule has 3 heterocycles. The number of urea groups is 1. The number of nitrogens with zero attached hydrogens (tertiary/aromatic N) is 4. The highest BCUT2D eigenvalue weighted by Crippen LogP contribution is 2.31. The summed E-state index contributed by atoms with van der Waals surface area (Å²) < 4.78 is 43.8. The summed E-state index contributed by atoms with van der Waals surface area (Å²) >= 11 is 0. The van der Waals surface area contributed by atoms with E-state index in [4.69, 9.17) is 10.00 Å². The number of anilines is 1. The lowest BCUT2D eigenvalue weighted by Crippen LogP contribution is -2.42. The Bertz CT molecular complexity index is 1300. The van der Waals surface area contributed by atoms with Gasteiger partial charge in [0.1, 0.15) is 17.5 Å². The molecule has 7 nitrogen and oxygen atoms in total. The lowest BCUT2D eigenvalue weighted by Gasteiger charge is -2.33. The van der Waals surface area contributed by atoms with Crippen molar-refractivity contribution in [3.8, 4) is 17.7 Å². The zero-order valence-electron chi connectivity index (χ0n) is 19.3. The first-order valence-electron chi connectivity index (χ1n) is 11.1. The first-order chi connectivity index (χ1) is 17.2. The lowest BCUT2D eigenvalue weighted by molar-refractivity contribution is -0.137. The van der Waals surface area contributed by atoms with Crippen LogP contribution in [0.3, 0.4) is 0 Å². The Hall–Kier alpha value is -4.39. The number of ether oxygens (including phenoxy) is 1. The van der Waals surface area contributed by atoms with E-state index in [9.17, 15) is 18.0 Å². The number of rotatable bonds is 4. The summed E-state index contributed by atoms with van der Waals surface area (Å²) in [6.45, 7) is 3.12. The smallest absolute Gasteiger partial charge is 0.417 e. The first-order valence-corrected chi connectivity index (χ1v) is 11.1. The zero-order chi connectivity index (χ0) is 25.7. The number of carbonyl (C=O) groups excluding carboxylic acids is 1. The van der Waals surface area contributed by atoms with Crippen LogP contribution in [0.25, 0.3) is 6.08 Å². The van der Waals surface area contributed by atoms with Gasteiger partial charge < -0.3 is 15.0 Å². The summed E-state index contributed by atoms with van der Waals surface area (Å²) in [6, 6.07) is 14.2. The van der Waals surface area contributed by atoms with Crippen molar-refractivity contribution < 1.29 is 22.7 Å². The van der Waals surface area contributed by atoms with E-state index in [2.05, 4.69) is 15.3 Å². The molecule has 3 aromatic rings. The molecule has 1 saturated heterocycles. The van der Waals surface area contributed by atoms with E-state index >= 15 is 0 Å². The maximum atomic E-state index is 12.7. The van der Waals surface area contributed by atoms with Gasteiger partial charge in [0.15, 0.2) is 0 Å². The number of pyridine rings is 2. The van der Waals surface area contributed by atoms with Gasteiger partial charge in [0.25, 0.3) is 0 Å². The Labute approximate surface area is 205 Å². The molecule has 4 rings (SSSR count). The van der Waals surface area contributed by atoms with Crippen molar-refractivity contribution in [1.29, 1.82) is 5.26 Å². The number of aromatic nitrogens is 2. The number of likely N-dealkylation sites (tertiary alicyclic amines) is 1.